The van der Waals surface area contributed by atoms with Crippen molar-refractivity contribution >= 4 is 0 Å². The number of rotatable bonds is 4. The predicted molar refractivity (Wildman–Crippen MR) is 85.0 cm³/mol. The number of aryl methyl sites for hydroxylation is 3. The number of benzene rings is 2. The number of hydrogen-bond acceptors (Lipinski definition) is 3. The molecule has 0 saturated heterocycles. The van der Waals surface area contributed by atoms with Crippen molar-refractivity contribution in [1.29, 1.82) is 0 Å². The van der Waals surface area contributed by atoms with Gasteiger partial charge in [-0.1, -0.05) is 32.9 Å². The minimum atomic E-state index is -0.472. The highest BCUT2D eigenvalue weighted by Gasteiger charge is 2.15. The Hall–Kier alpha value is -2.16. The molecule has 2 rings (SSSR count). The molecule has 112 valence electrons. The quantitative estimate of drug-likeness (QED) is 0.740. The van der Waals surface area contributed by atoms with Crippen LogP contribution in [-0.2, 0) is 19.3 Å². The van der Waals surface area contributed by atoms with E-state index >= 15 is 0 Å². The molecule has 0 bridgehead atoms. The molecule has 0 unspecified atom stereocenters. The fourth-order valence-electron chi connectivity index (χ4n) is 2.72. The first-order valence-corrected chi connectivity index (χ1v) is 7.41. The Kier molecular flexibility index (Phi) is 4.41. The van der Waals surface area contributed by atoms with Crippen LogP contribution in [0, 0.1) is 0 Å². The first kappa shape index (κ1) is 15.2. The van der Waals surface area contributed by atoms with Crippen LogP contribution in [0.5, 0.6) is 17.2 Å². The zero-order chi connectivity index (χ0) is 15.6. The number of hydrogen-bond donors (Lipinski definition) is 3. The Bertz CT molecular complexity index is 611. The summed E-state index contributed by atoms with van der Waals surface area (Å²) in [4.78, 5) is 0. The van der Waals surface area contributed by atoms with E-state index in [9.17, 15) is 15.3 Å². The molecule has 0 amide bonds. The largest absolute Gasteiger partial charge is 0.504 e. The monoisotopic (exact) mass is 286 g/mol. The zero-order valence-electron chi connectivity index (χ0n) is 12.8. The molecule has 0 aliphatic rings. The molecule has 2 aromatic rings. The first-order chi connectivity index (χ1) is 10.0. The fraction of sp³-hybridized carbons (Fsp3) is 0.333. The van der Waals surface area contributed by atoms with Crippen LogP contribution in [0.25, 0.3) is 11.1 Å². The molecule has 0 atom stereocenters. The molecule has 0 saturated carbocycles. The second-order valence-electron chi connectivity index (χ2n) is 5.21. The van der Waals surface area contributed by atoms with Crippen LogP contribution in [-0.4, -0.2) is 15.3 Å². The van der Waals surface area contributed by atoms with Crippen molar-refractivity contribution in [2.24, 2.45) is 0 Å². The maximum absolute atomic E-state index is 9.76. The highest BCUT2D eigenvalue weighted by Crippen LogP contribution is 2.41. The molecular weight excluding hydrogens is 264 g/mol. The van der Waals surface area contributed by atoms with E-state index in [0.717, 1.165) is 30.4 Å². The van der Waals surface area contributed by atoms with Crippen molar-refractivity contribution in [3.05, 3.63) is 41.0 Å². The maximum Gasteiger partial charge on any atom is 0.200 e. The van der Waals surface area contributed by atoms with Gasteiger partial charge in [0.2, 0.25) is 0 Å². The zero-order valence-corrected chi connectivity index (χ0v) is 12.8. The van der Waals surface area contributed by atoms with Gasteiger partial charge in [-0.25, -0.2) is 0 Å². The molecule has 3 heteroatoms. The summed E-state index contributed by atoms with van der Waals surface area (Å²) < 4.78 is 0. The summed E-state index contributed by atoms with van der Waals surface area (Å²) in [5.74, 6) is -1.07. The molecule has 0 aliphatic carbocycles. The minimum absolute atomic E-state index is 0.298. The lowest BCUT2D eigenvalue weighted by molar-refractivity contribution is 0.368. The van der Waals surface area contributed by atoms with Gasteiger partial charge in [0.1, 0.15) is 0 Å². The van der Waals surface area contributed by atoms with Crippen molar-refractivity contribution < 1.29 is 15.3 Å². The third-order valence-electron chi connectivity index (χ3n) is 3.89. The predicted octanol–water partition coefficient (Wildman–Crippen LogP) is 4.16. The summed E-state index contributed by atoms with van der Waals surface area (Å²) in [5, 5.41) is 29.0. The highest BCUT2D eigenvalue weighted by molar-refractivity contribution is 5.76. The van der Waals surface area contributed by atoms with E-state index in [-0.39, 0.29) is 11.5 Å². The maximum atomic E-state index is 9.76. The van der Waals surface area contributed by atoms with Crippen LogP contribution in [0.3, 0.4) is 0 Å². The smallest absolute Gasteiger partial charge is 0.200 e. The molecule has 0 aromatic heterocycles. The molecule has 3 nitrogen and oxygen atoms in total. The van der Waals surface area contributed by atoms with Crippen molar-refractivity contribution in [1.82, 2.24) is 0 Å². The third-order valence-corrected chi connectivity index (χ3v) is 3.89. The molecule has 0 spiro atoms. The summed E-state index contributed by atoms with van der Waals surface area (Å²) in [6.07, 6.45) is 2.73. The van der Waals surface area contributed by atoms with Crippen molar-refractivity contribution in [2.75, 3.05) is 0 Å². The van der Waals surface area contributed by atoms with Crippen LogP contribution in [0.1, 0.15) is 37.5 Å². The SMILES string of the molecule is CCc1cc(CC)c(-c2cc(O)c(O)c(O)c2)c(CC)c1. The molecule has 21 heavy (non-hydrogen) atoms. The first-order valence-electron chi connectivity index (χ1n) is 7.41. The normalized spacial score (nSPS) is 10.8. The van der Waals surface area contributed by atoms with Gasteiger partial charge in [0.15, 0.2) is 17.2 Å². The minimum Gasteiger partial charge on any atom is -0.504 e. The summed E-state index contributed by atoms with van der Waals surface area (Å²) in [6.45, 7) is 6.32. The van der Waals surface area contributed by atoms with Crippen LogP contribution >= 0.6 is 0 Å². The Morgan fingerprint density at radius 1 is 0.714 bits per heavy atom. The second-order valence-corrected chi connectivity index (χ2v) is 5.21. The van der Waals surface area contributed by atoms with Crippen LogP contribution in [0.2, 0.25) is 0 Å². The molecule has 0 aliphatic heterocycles. The van der Waals surface area contributed by atoms with E-state index in [1.807, 2.05) is 0 Å². The van der Waals surface area contributed by atoms with E-state index in [0.29, 0.717) is 0 Å². The van der Waals surface area contributed by atoms with Crippen LogP contribution < -0.4 is 0 Å². The van der Waals surface area contributed by atoms with Gasteiger partial charge in [0.25, 0.3) is 0 Å². The van der Waals surface area contributed by atoms with E-state index in [2.05, 4.69) is 32.9 Å². The average molecular weight is 286 g/mol. The van der Waals surface area contributed by atoms with Gasteiger partial charge in [0, 0.05) is 0 Å². The number of phenols is 3. The van der Waals surface area contributed by atoms with E-state index in [1.54, 1.807) is 0 Å². The molecular formula is C18H22O3. The van der Waals surface area contributed by atoms with Gasteiger partial charge < -0.3 is 15.3 Å². The van der Waals surface area contributed by atoms with Crippen molar-refractivity contribution in [3.8, 4) is 28.4 Å². The third kappa shape index (κ3) is 2.82. The molecule has 0 radical (unpaired) electrons. The van der Waals surface area contributed by atoms with E-state index < -0.39 is 5.75 Å². The average Bonchev–Trinajstić information content (AvgIpc) is 2.50. The Labute approximate surface area is 125 Å². The molecule has 3 N–H and O–H groups in total. The van der Waals surface area contributed by atoms with Gasteiger partial charge in [-0.05, 0) is 59.2 Å². The van der Waals surface area contributed by atoms with Gasteiger partial charge in [-0.2, -0.15) is 0 Å². The highest BCUT2D eigenvalue weighted by atomic mass is 16.3. The lowest BCUT2D eigenvalue weighted by Crippen LogP contribution is -1.97. The lowest BCUT2D eigenvalue weighted by Gasteiger charge is -2.17. The molecule has 0 fully saturated rings. The van der Waals surface area contributed by atoms with E-state index in [4.69, 9.17) is 0 Å². The standard InChI is InChI=1S/C18H22O3/c1-4-11-7-12(5-2)17(13(6-3)8-11)14-9-15(19)18(21)16(20)10-14/h7-10,19-21H,4-6H2,1-3H3. The Morgan fingerprint density at radius 3 is 1.57 bits per heavy atom. The summed E-state index contributed by atoms with van der Waals surface area (Å²) >= 11 is 0. The van der Waals surface area contributed by atoms with E-state index in [1.165, 1.54) is 28.8 Å². The summed E-state index contributed by atoms with van der Waals surface area (Å²) in [6, 6.07) is 7.37. The van der Waals surface area contributed by atoms with Gasteiger partial charge in [-0.3, -0.25) is 0 Å². The van der Waals surface area contributed by atoms with Crippen molar-refractivity contribution in [2.45, 2.75) is 40.0 Å². The Morgan fingerprint density at radius 2 is 1.19 bits per heavy atom. The Balaban J connectivity index is 2.73. The summed E-state index contributed by atoms with van der Waals surface area (Å²) in [5.41, 5.74) is 5.45. The van der Waals surface area contributed by atoms with Gasteiger partial charge in [-0.15, -0.1) is 0 Å². The van der Waals surface area contributed by atoms with Crippen LogP contribution in [0.15, 0.2) is 24.3 Å². The molecule has 2 aromatic carbocycles. The second kappa shape index (κ2) is 6.08. The summed E-state index contributed by atoms with van der Waals surface area (Å²) in [7, 11) is 0. The van der Waals surface area contributed by atoms with Gasteiger partial charge in [0.05, 0.1) is 0 Å². The van der Waals surface area contributed by atoms with Crippen LogP contribution in [0.4, 0.5) is 0 Å². The topological polar surface area (TPSA) is 60.7 Å². The fourth-order valence-corrected chi connectivity index (χ4v) is 2.72. The van der Waals surface area contributed by atoms with Gasteiger partial charge >= 0.3 is 0 Å². The molecule has 0 heterocycles. The number of phenolic OH excluding ortho intramolecular Hbond substituents is 3. The van der Waals surface area contributed by atoms with Crippen molar-refractivity contribution in [3.63, 3.8) is 0 Å². The lowest BCUT2D eigenvalue weighted by atomic mass is 9.89. The number of aromatic hydroxyl groups is 3.